The zero-order valence-corrected chi connectivity index (χ0v) is 21.0. The molecule has 0 aliphatic carbocycles. The largest absolute Gasteiger partial charge is 0.490 e. The van der Waals surface area contributed by atoms with Crippen LogP contribution < -0.4 is 14.8 Å². The van der Waals surface area contributed by atoms with E-state index in [1.807, 2.05) is 56.3 Å². The van der Waals surface area contributed by atoms with Crippen molar-refractivity contribution in [2.45, 2.75) is 20.5 Å². The van der Waals surface area contributed by atoms with Gasteiger partial charge in [-0.1, -0.05) is 41.1 Å². The Hall–Kier alpha value is -3.58. The number of benzene rings is 3. The normalized spacial score (nSPS) is 10.5. The van der Waals surface area contributed by atoms with Gasteiger partial charge < -0.3 is 19.6 Å². The van der Waals surface area contributed by atoms with Gasteiger partial charge in [-0.15, -0.1) is 0 Å². The minimum Gasteiger partial charge on any atom is -0.490 e. The summed E-state index contributed by atoms with van der Waals surface area (Å²) in [5.41, 5.74) is 3.89. The summed E-state index contributed by atoms with van der Waals surface area (Å²) in [7, 11) is 0. The average molecular weight is 569 g/mol. The van der Waals surface area contributed by atoms with Crippen LogP contribution in [0.1, 0.15) is 29.2 Å². The number of ether oxygens (including phenoxy) is 2. The summed E-state index contributed by atoms with van der Waals surface area (Å²) in [6, 6.07) is 20.5. The van der Waals surface area contributed by atoms with Gasteiger partial charge in [-0.3, -0.25) is 4.79 Å². The molecule has 0 saturated carbocycles. The van der Waals surface area contributed by atoms with Crippen molar-refractivity contribution < 1.29 is 19.1 Å². The number of aryl methyl sites for hydroxylation is 1. The van der Waals surface area contributed by atoms with E-state index in [9.17, 15) is 4.79 Å². The molecule has 0 spiro atoms. The van der Waals surface area contributed by atoms with E-state index in [-0.39, 0.29) is 19.1 Å². The fourth-order valence-electron chi connectivity index (χ4n) is 3.00. The molecule has 3 rings (SSSR count). The molecule has 1 amide bonds. The van der Waals surface area contributed by atoms with E-state index in [1.54, 1.807) is 24.4 Å². The number of nitrogens with one attached hydrogen (secondary N) is 1. The topological polar surface area (TPSA) is 92.9 Å². The zero-order valence-electron chi connectivity index (χ0n) is 18.9. The Bertz CT molecular complexity index is 1200. The molecule has 0 unspecified atom stereocenters. The Labute approximate surface area is 212 Å². The van der Waals surface area contributed by atoms with Crippen LogP contribution in [0.3, 0.4) is 0 Å². The lowest BCUT2D eigenvalue weighted by atomic mass is 10.1. The molecule has 0 bridgehead atoms. The second-order valence-electron chi connectivity index (χ2n) is 7.24. The lowest BCUT2D eigenvalue weighted by Crippen LogP contribution is -2.20. The van der Waals surface area contributed by atoms with E-state index in [1.165, 1.54) is 0 Å². The summed E-state index contributed by atoms with van der Waals surface area (Å²) in [5.74, 6) is 0.732. The molecule has 0 aliphatic rings. The summed E-state index contributed by atoms with van der Waals surface area (Å²) < 4.78 is 12.3. The third kappa shape index (κ3) is 7.22. The monoisotopic (exact) mass is 569 g/mol. The van der Waals surface area contributed by atoms with Gasteiger partial charge >= 0.3 is 0 Å². The Morgan fingerprint density at radius 2 is 1.91 bits per heavy atom. The van der Waals surface area contributed by atoms with Crippen molar-refractivity contribution in [2.24, 2.45) is 5.16 Å². The van der Waals surface area contributed by atoms with Gasteiger partial charge in [-0.25, -0.2) is 0 Å². The van der Waals surface area contributed by atoms with Gasteiger partial charge in [0.15, 0.2) is 18.1 Å². The van der Waals surface area contributed by atoms with Gasteiger partial charge in [-0.2, -0.15) is 5.26 Å². The minimum absolute atomic E-state index is 0.154. The van der Waals surface area contributed by atoms with Crippen LogP contribution in [0.15, 0.2) is 65.8 Å². The van der Waals surface area contributed by atoms with Gasteiger partial charge in [0.2, 0.25) is 0 Å². The lowest BCUT2D eigenvalue weighted by Gasteiger charge is -2.14. The standard InChI is InChI=1S/C26H24IN3O4/c1-3-32-24-13-19(15-29-34-16-21-7-5-4-6-20(21)14-28)12-23(27)26(24)33-17-25(31)30-22-10-8-18(2)9-11-22/h4-13,15H,3,16-17H2,1-2H3,(H,30,31)/b29-15-. The van der Waals surface area contributed by atoms with E-state index < -0.39 is 0 Å². The van der Waals surface area contributed by atoms with E-state index in [0.29, 0.717) is 29.4 Å². The molecule has 7 nitrogen and oxygen atoms in total. The molecule has 0 aromatic heterocycles. The first-order valence-corrected chi connectivity index (χ1v) is 11.7. The number of carbonyl (C=O) groups is 1. The maximum atomic E-state index is 12.3. The van der Waals surface area contributed by atoms with E-state index in [4.69, 9.17) is 19.6 Å². The fourth-order valence-corrected chi connectivity index (χ4v) is 3.78. The lowest BCUT2D eigenvalue weighted by molar-refractivity contribution is -0.118. The van der Waals surface area contributed by atoms with E-state index in [2.05, 4.69) is 39.1 Å². The van der Waals surface area contributed by atoms with Crippen LogP contribution in [0.2, 0.25) is 0 Å². The predicted octanol–water partition coefficient (Wildman–Crippen LogP) is 5.44. The number of nitriles is 1. The Morgan fingerprint density at radius 1 is 1.15 bits per heavy atom. The van der Waals surface area contributed by atoms with Crippen LogP contribution in [0, 0.1) is 21.8 Å². The number of rotatable bonds is 10. The van der Waals surface area contributed by atoms with Crippen LogP contribution >= 0.6 is 22.6 Å². The molecule has 8 heteroatoms. The van der Waals surface area contributed by atoms with Crippen molar-refractivity contribution in [3.8, 4) is 17.6 Å². The summed E-state index contributed by atoms with van der Waals surface area (Å²) in [6.45, 7) is 4.33. The highest BCUT2D eigenvalue weighted by Gasteiger charge is 2.14. The van der Waals surface area contributed by atoms with Crippen LogP contribution in [0.25, 0.3) is 0 Å². The number of hydrogen-bond acceptors (Lipinski definition) is 6. The van der Waals surface area contributed by atoms with Crippen LogP contribution in [-0.4, -0.2) is 25.3 Å². The Morgan fingerprint density at radius 3 is 2.65 bits per heavy atom. The van der Waals surface area contributed by atoms with Gasteiger partial charge in [0.05, 0.1) is 28.0 Å². The van der Waals surface area contributed by atoms with Crippen molar-refractivity contribution in [3.05, 3.63) is 86.5 Å². The maximum absolute atomic E-state index is 12.3. The number of carbonyl (C=O) groups excluding carboxylic acids is 1. The van der Waals surface area contributed by atoms with Crippen molar-refractivity contribution >= 4 is 40.4 Å². The highest BCUT2D eigenvalue weighted by molar-refractivity contribution is 14.1. The molecule has 3 aromatic carbocycles. The molecule has 1 N–H and O–H groups in total. The second-order valence-corrected chi connectivity index (χ2v) is 8.40. The zero-order chi connectivity index (χ0) is 24.3. The summed E-state index contributed by atoms with van der Waals surface area (Å²) in [6.07, 6.45) is 1.56. The SMILES string of the molecule is CCOc1cc(/C=N\OCc2ccccc2C#N)cc(I)c1OCC(=O)Nc1ccc(C)cc1. The summed E-state index contributed by atoms with van der Waals surface area (Å²) in [4.78, 5) is 17.7. The molecule has 0 heterocycles. The molecule has 0 saturated heterocycles. The quantitative estimate of drug-likeness (QED) is 0.200. The first-order chi connectivity index (χ1) is 16.5. The molecule has 3 aromatic rings. The van der Waals surface area contributed by atoms with Crippen molar-refractivity contribution in [3.63, 3.8) is 0 Å². The van der Waals surface area contributed by atoms with E-state index in [0.717, 1.165) is 20.3 Å². The number of anilines is 1. The molecule has 0 radical (unpaired) electrons. The minimum atomic E-state index is -0.265. The van der Waals surface area contributed by atoms with Crippen LogP contribution in [-0.2, 0) is 16.2 Å². The number of nitrogens with zero attached hydrogens (tertiary/aromatic N) is 2. The molecule has 0 aliphatic heterocycles. The van der Waals surface area contributed by atoms with Gasteiger partial charge in [0, 0.05) is 16.8 Å². The average Bonchev–Trinajstić information content (AvgIpc) is 2.83. The van der Waals surface area contributed by atoms with Gasteiger partial charge in [0.1, 0.15) is 6.61 Å². The number of hydrogen-bond donors (Lipinski definition) is 1. The van der Waals surface area contributed by atoms with Crippen molar-refractivity contribution in [1.82, 2.24) is 0 Å². The first-order valence-electron chi connectivity index (χ1n) is 10.6. The van der Waals surface area contributed by atoms with Crippen molar-refractivity contribution in [1.29, 1.82) is 5.26 Å². The smallest absolute Gasteiger partial charge is 0.262 e. The molecule has 34 heavy (non-hydrogen) atoms. The third-order valence-corrected chi connectivity index (χ3v) is 5.45. The Kier molecular flexibility index (Phi) is 9.29. The summed E-state index contributed by atoms with van der Waals surface area (Å²) >= 11 is 2.13. The molecule has 0 atom stereocenters. The van der Waals surface area contributed by atoms with Crippen molar-refractivity contribution in [2.75, 3.05) is 18.5 Å². The van der Waals surface area contributed by atoms with Crippen LogP contribution in [0.4, 0.5) is 5.69 Å². The van der Waals surface area contributed by atoms with E-state index >= 15 is 0 Å². The molecule has 0 fully saturated rings. The highest BCUT2D eigenvalue weighted by atomic mass is 127. The van der Waals surface area contributed by atoms with Crippen LogP contribution in [0.5, 0.6) is 11.5 Å². The highest BCUT2D eigenvalue weighted by Crippen LogP contribution is 2.34. The second kappa shape index (κ2) is 12.6. The van der Waals surface area contributed by atoms with Gasteiger partial charge in [0.25, 0.3) is 5.91 Å². The fraction of sp³-hybridized carbons (Fsp3) is 0.192. The molecular weight excluding hydrogens is 545 g/mol. The number of oxime groups is 1. The molecular formula is C26H24IN3O4. The maximum Gasteiger partial charge on any atom is 0.262 e. The number of amides is 1. The van der Waals surface area contributed by atoms with Gasteiger partial charge in [-0.05, 0) is 66.8 Å². The first kappa shape index (κ1) is 25.1. The Balaban J connectivity index is 1.63. The predicted molar refractivity (Wildman–Crippen MR) is 139 cm³/mol. The number of halogens is 1. The molecule has 174 valence electrons. The summed E-state index contributed by atoms with van der Waals surface area (Å²) in [5, 5.41) is 16.0. The third-order valence-electron chi connectivity index (χ3n) is 4.65.